The third-order valence-corrected chi connectivity index (χ3v) is 2.57. The number of aromatic amines is 1. The van der Waals surface area contributed by atoms with E-state index in [1.54, 1.807) is 6.20 Å². The van der Waals surface area contributed by atoms with Crippen LogP contribution in [-0.2, 0) is 6.42 Å². The highest BCUT2D eigenvalue weighted by Gasteiger charge is 2.05. The molecule has 0 spiro atoms. The lowest BCUT2D eigenvalue weighted by Crippen LogP contribution is -2.23. The van der Waals surface area contributed by atoms with Crippen molar-refractivity contribution < 1.29 is 0 Å². The fourth-order valence-corrected chi connectivity index (χ4v) is 1.59. The predicted molar refractivity (Wildman–Crippen MR) is 68.9 cm³/mol. The number of nitrogens with zero attached hydrogens (tertiary/aromatic N) is 4. The molecule has 0 saturated carbocycles. The molecular formula is C11H12ClN5O. The van der Waals surface area contributed by atoms with E-state index in [2.05, 4.69) is 19.9 Å². The number of likely N-dealkylation sites (N-methyl/N-ethyl adjacent to an activating group) is 1. The van der Waals surface area contributed by atoms with Crippen LogP contribution in [0.3, 0.4) is 0 Å². The lowest BCUT2D eigenvalue weighted by Gasteiger charge is -2.17. The third kappa shape index (κ3) is 3.27. The first-order valence-corrected chi connectivity index (χ1v) is 5.76. The average Bonchev–Trinajstić information content (AvgIpc) is 2.36. The first kappa shape index (κ1) is 12.5. The summed E-state index contributed by atoms with van der Waals surface area (Å²) in [7, 11) is 1.88. The highest BCUT2D eigenvalue weighted by Crippen LogP contribution is 2.10. The van der Waals surface area contributed by atoms with Gasteiger partial charge in [-0.05, 0) is 0 Å². The summed E-state index contributed by atoms with van der Waals surface area (Å²) in [5.74, 6) is 1.32. The second-order valence-electron chi connectivity index (χ2n) is 3.75. The van der Waals surface area contributed by atoms with Gasteiger partial charge in [-0.2, -0.15) is 0 Å². The first-order chi connectivity index (χ1) is 8.65. The van der Waals surface area contributed by atoms with E-state index in [9.17, 15) is 4.79 Å². The molecule has 2 aromatic rings. The Bertz CT molecular complexity index is 585. The Morgan fingerprint density at radius 1 is 1.44 bits per heavy atom. The van der Waals surface area contributed by atoms with Crippen LogP contribution in [0.1, 0.15) is 5.82 Å². The van der Waals surface area contributed by atoms with Crippen molar-refractivity contribution in [1.82, 2.24) is 19.9 Å². The maximum absolute atomic E-state index is 11.1. The van der Waals surface area contributed by atoms with Gasteiger partial charge in [0.1, 0.15) is 16.8 Å². The summed E-state index contributed by atoms with van der Waals surface area (Å²) in [5, 5.41) is 0.352. The quantitative estimate of drug-likeness (QED) is 0.889. The maximum atomic E-state index is 11.1. The zero-order valence-corrected chi connectivity index (χ0v) is 10.6. The summed E-state index contributed by atoms with van der Waals surface area (Å²) >= 11 is 5.77. The molecule has 0 bridgehead atoms. The van der Waals surface area contributed by atoms with Crippen LogP contribution in [0.4, 0.5) is 5.82 Å². The van der Waals surface area contributed by atoms with Crippen LogP contribution in [0, 0.1) is 0 Å². The fourth-order valence-electron chi connectivity index (χ4n) is 1.44. The van der Waals surface area contributed by atoms with E-state index >= 15 is 0 Å². The number of anilines is 1. The van der Waals surface area contributed by atoms with E-state index in [4.69, 9.17) is 11.6 Å². The Balaban J connectivity index is 2.00. The van der Waals surface area contributed by atoms with Crippen molar-refractivity contribution in [2.75, 3.05) is 18.5 Å². The molecule has 0 aliphatic carbocycles. The van der Waals surface area contributed by atoms with Gasteiger partial charge in [-0.3, -0.25) is 9.78 Å². The smallest absolute Gasteiger partial charge is 0.250 e. The number of aromatic nitrogens is 4. The van der Waals surface area contributed by atoms with Crippen LogP contribution in [0.15, 0.2) is 29.5 Å². The molecule has 6 nitrogen and oxygen atoms in total. The zero-order valence-electron chi connectivity index (χ0n) is 9.80. The molecule has 0 amide bonds. The van der Waals surface area contributed by atoms with Gasteiger partial charge in [0.2, 0.25) is 0 Å². The molecule has 0 unspecified atom stereocenters. The highest BCUT2D eigenvalue weighted by atomic mass is 35.5. The molecule has 0 aliphatic heterocycles. The molecule has 2 aromatic heterocycles. The highest BCUT2D eigenvalue weighted by molar-refractivity contribution is 6.29. The van der Waals surface area contributed by atoms with Gasteiger partial charge < -0.3 is 9.88 Å². The van der Waals surface area contributed by atoms with E-state index < -0.39 is 0 Å². The van der Waals surface area contributed by atoms with E-state index in [1.807, 2.05) is 11.9 Å². The summed E-state index contributed by atoms with van der Waals surface area (Å²) in [4.78, 5) is 27.8. The summed E-state index contributed by atoms with van der Waals surface area (Å²) in [6.45, 7) is 0.655. The van der Waals surface area contributed by atoms with Gasteiger partial charge in [0.05, 0.1) is 12.4 Å². The van der Waals surface area contributed by atoms with E-state index in [1.165, 1.54) is 18.5 Å². The molecule has 0 aliphatic rings. The number of nitrogens with one attached hydrogen (secondary N) is 1. The monoisotopic (exact) mass is 265 g/mol. The van der Waals surface area contributed by atoms with Crippen molar-refractivity contribution >= 4 is 17.4 Å². The minimum atomic E-state index is -0.148. The fraction of sp³-hybridized carbons (Fsp3) is 0.273. The maximum Gasteiger partial charge on any atom is 0.250 e. The van der Waals surface area contributed by atoms with Crippen LogP contribution in [0.5, 0.6) is 0 Å². The summed E-state index contributed by atoms with van der Waals surface area (Å²) in [6.07, 6.45) is 5.22. The minimum Gasteiger partial charge on any atom is -0.358 e. The second-order valence-corrected chi connectivity index (χ2v) is 4.14. The van der Waals surface area contributed by atoms with Gasteiger partial charge in [0.15, 0.2) is 0 Å². The lowest BCUT2D eigenvalue weighted by molar-refractivity contribution is 0.800. The summed E-state index contributed by atoms with van der Waals surface area (Å²) < 4.78 is 0. The van der Waals surface area contributed by atoms with Crippen LogP contribution < -0.4 is 10.5 Å². The van der Waals surface area contributed by atoms with Crippen molar-refractivity contribution in [2.45, 2.75) is 6.42 Å². The Morgan fingerprint density at radius 2 is 2.28 bits per heavy atom. The zero-order chi connectivity index (χ0) is 13.0. The van der Waals surface area contributed by atoms with Crippen LogP contribution in [0.25, 0.3) is 0 Å². The molecule has 18 heavy (non-hydrogen) atoms. The van der Waals surface area contributed by atoms with Crippen LogP contribution in [0.2, 0.25) is 5.15 Å². The molecule has 0 atom stereocenters. The first-order valence-electron chi connectivity index (χ1n) is 5.38. The van der Waals surface area contributed by atoms with Gasteiger partial charge in [-0.15, -0.1) is 0 Å². The minimum absolute atomic E-state index is 0.148. The van der Waals surface area contributed by atoms with Crippen molar-refractivity contribution in [3.8, 4) is 0 Å². The van der Waals surface area contributed by atoms with E-state index in [0.717, 1.165) is 0 Å². The molecule has 1 N–H and O–H groups in total. The Labute approximate surface area is 109 Å². The largest absolute Gasteiger partial charge is 0.358 e. The predicted octanol–water partition coefficient (Wildman–Crippen LogP) is 0.892. The standard InChI is InChI=1S/C11H12ClN5O/c1-17(10-7-13-6-8(12)15-10)5-3-9-14-4-2-11(18)16-9/h2,4,6-7H,3,5H2,1H3,(H,14,16,18). The average molecular weight is 266 g/mol. The molecule has 2 rings (SSSR count). The van der Waals surface area contributed by atoms with Crippen LogP contribution in [-0.4, -0.2) is 33.5 Å². The third-order valence-electron chi connectivity index (χ3n) is 2.39. The molecule has 0 saturated heterocycles. The number of halogens is 1. The van der Waals surface area contributed by atoms with Gasteiger partial charge in [-0.25, -0.2) is 9.97 Å². The van der Waals surface area contributed by atoms with Crippen molar-refractivity contribution in [1.29, 1.82) is 0 Å². The molecule has 7 heteroatoms. The van der Waals surface area contributed by atoms with Gasteiger partial charge in [0, 0.05) is 32.3 Å². The van der Waals surface area contributed by atoms with E-state index in [0.29, 0.717) is 29.8 Å². The summed E-state index contributed by atoms with van der Waals surface area (Å²) in [5.41, 5.74) is -0.148. The van der Waals surface area contributed by atoms with E-state index in [-0.39, 0.29) is 5.56 Å². The molecular weight excluding hydrogens is 254 g/mol. The molecule has 0 radical (unpaired) electrons. The molecule has 0 aromatic carbocycles. The molecule has 94 valence electrons. The number of hydrogen-bond acceptors (Lipinski definition) is 5. The number of hydrogen-bond donors (Lipinski definition) is 1. The van der Waals surface area contributed by atoms with Gasteiger partial charge >= 0.3 is 0 Å². The van der Waals surface area contributed by atoms with Crippen LogP contribution >= 0.6 is 11.6 Å². The lowest BCUT2D eigenvalue weighted by atomic mass is 10.3. The molecule has 0 fully saturated rings. The molecule has 2 heterocycles. The van der Waals surface area contributed by atoms with Gasteiger partial charge in [0.25, 0.3) is 5.56 Å². The van der Waals surface area contributed by atoms with Crippen molar-refractivity contribution in [3.63, 3.8) is 0 Å². The Hall–Kier alpha value is -1.95. The summed E-state index contributed by atoms with van der Waals surface area (Å²) in [6, 6.07) is 1.38. The number of rotatable bonds is 4. The second kappa shape index (κ2) is 5.59. The van der Waals surface area contributed by atoms with Gasteiger partial charge in [-0.1, -0.05) is 11.6 Å². The number of H-pyrrole nitrogens is 1. The van der Waals surface area contributed by atoms with Crippen molar-refractivity contribution in [2.24, 2.45) is 0 Å². The topological polar surface area (TPSA) is 74.8 Å². The SMILES string of the molecule is CN(CCc1nccc(=O)[nH]1)c1cncc(Cl)n1. The Kier molecular flexibility index (Phi) is 3.88. The Morgan fingerprint density at radius 3 is 3.00 bits per heavy atom. The normalized spacial score (nSPS) is 10.3. The van der Waals surface area contributed by atoms with Crippen molar-refractivity contribution in [3.05, 3.63) is 46.0 Å².